The van der Waals surface area contributed by atoms with Crippen molar-refractivity contribution >= 4 is 0 Å². The molecule has 0 spiro atoms. The van der Waals surface area contributed by atoms with E-state index < -0.39 is 0 Å². The smallest absolute Gasteiger partial charge is 0.169 e. The summed E-state index contributed by atoms with van der Waals surface area (Å²) in [5, 5.41) is 7.77. The number of rotatable bonds is 7. The minimum atomic E-state index is -0.200. The number of hydrogen-bond acceptors (Lipinski definition) is 4. The van der Waals surface area contributed by atoms with Gasteiger partial charge in [-0.25, -0.2) is 0 Å². The highest BCUT2D eigenvalue weighted by atomic mass is 16.7. The predicted octanol–water partition coefficient (Wildman–Crippen LogP) is 1.25. The number of nitrogens with zero attached hydrogens (tertiary/aromatic N) is 2. The molecule has 0 unspecified atom stereocenters. The number of methoxy groups -OCH3 is 2. The van der Waals surface area contributed by atoms with E-state index in [9.17, 15) is 0 Å². The Morgan fingerprint density at radius 2 is 2.00 bits per heavy atom. The molecule has 1 aromatic rings. The molecule has 98 valence electrons. The predicted molar refractivity (Wildman–Crippen MR) is 66.8 cm³/mol. The van der Waals surface area contributed by atoms with Gasteiger partial charge < -0.3 is 14.8 Å². The van der Waals surface area contributed by atoms with Gasteiger partial charge >= 0.3 is 0 Å². The van der Waals surface area contributed by atoms with Crippen molar-refractivity contribution in [1.29, 1.82) is 0 Å². The van der Waals surface area contributed by atoms with E-state index in [4.69, 9.17) is 9.47 Å². The van der Waals surface area contributed by atoms with E-state index in [0.29, 0.717) is 12.5 Å². The fourth-order valence-electron chi connectivity index (χ4n) is 1.76. The largest absolute Gasteiger partial charge is 0.355 e. The van der Waals surface area contributed by atoms with E-state index in [1.54, 1.807) is 14.2 Å². The van der Waals surface area contributed by atoms with Gasteiger partial charge in [0.15, 0.2) is 6.29 Å². The first-order chi connectivity index (χ1) is 8.08. The Labute approximate surface area is 103 Å². The monoisotopic (exact) mass is 241 g/mol. The molecular formula is C12H23N3O2. The molecule has 1 N–H and O–H groups in total. The minimum Gasteiger partial charge on any atom is -0.355 e. The maximum atomic E-state index is 5.11. The van der Waals surface area contributed by atoms with Crippen molar-refractivity contribution in [3.05, 3.63) is 17.5 Å². The van der Waals surface area contributed by atoms with Gasteiger partial charge in [-0.3, -0.25) is 4.68 Å². The normalized spacial score (nSPS) is 11.7. The molecule has 0 fully saturated rings. The van der Waals surface area contributed by atoms with Gasteiger partial charge in [0.2, 0.25) is 0 Å². The summed E-state index contributed by atoms with van der Waals surface area (Å²) in [6.45, 7) is 5.75. The van der Waals surface area contributed by atoms with E-state index >= 15 is 0 Å². The van der Waals surface area contributed by atoms with E-state index in [0.717, 1.165) is 12.2 Å². The minimum absolute atomic E-state index is 0.200. The Hall–Kier alpha value is -0.910. The number of hydrogen-bond donors (Lipinski definition) is 1. The maximum absolute atomic E-state index is 5.11. The van der Waals surface area contributed by atoms with E-state index in [1.165, 1.54) is 5.56 Å². The topological polar surface area (TPSA) is 48.3 Å². The third-order valence-electron chi connectivity index (χ3n) is 2.64. The highest BCUT2D eigenvalue weighted by Crippen LogP contribution is 2.16. The Kier molecular flexibility index (Phi) is 5.61. The summed E-state index contributed by atoms with van der Waals surface area (Å²) >= 11 is 0. The molecule has 0 saturated carbocycles. The first kappa shape index (κ1) is 14.2. The highest BCUT2D eigenvalue weighted by Gasteiger charge is 2.11. The molecule has 17 heavy (non-hydrogen) atoms. The standard InChI is InChI=1S/C12H23N3O2/c1-9(2)12-10(8-15(3)14-12)6-13-7-11(16-4)17-5/h8-9,11,13H,6-7H2,1-5H3. The van der Waals surface area contributed by atoms with Crippen LogP contribution in [0.1, 0.15) is 31.0 Å². The molecular weight excluding hydrogens is 218 g/mol. The second-order valence-electron chi connectivity index (χ2n) is 4.40. The molecule has 0 radical (unpaired) electrons. The summed E-state index contributed by atoms with van der Waals surface area (Å²) < 4.78 is 12.1. The van der Waals surface area contributed by atoms with Crippen LogP contribution in [0.4, 0.5) is 0 Å². The molecule has 1 rings (SSSR count). The van der Waals surface area contributed by atoms with Crippen molar-refractivity contribution in [1.82, 2.24) is 15.1 Å². The number of aryl methyl sites for hydroxylation is 1. The van der Waals surface area contributed by atoms with Crippen LogP contribution in [0.5, 0.6) is 0 Å². The molecule has 1 heterocycles. The first-order valence-electron chi connectivity index (χ1n) is 5.87. The van der Waals surface area contributed by atoms with Gasteiger partial charge in [0.05, 0.1) is 5.69 Å². The summed E-state index contributed by atoms with van der Waals surface area (Å²) in [5.74, 6) is 0.439. The van der Waals surface area contributed by atoms with E-state index in [-0.39, 0.29) is 6.29 Å². The zero-order valence-corrected chi connectivity index (χ0v) is 11.4. The van der Waals surface area contributed by atoms with Crippen molar-refractivity contribution < 1.29 is 9.47 Å². The van der Waals surface area contributed by atoms with Crippen LogP contribution in [0.25, 0.3) is 0 Å². The summed E-state index contributed by atoms with van der Waals surface area (Å²) in [7, 11) is 5.22. The summed E-state index contributed by atoms with van der Waals surface area (Å²) in [4.78, 5) is 0. The number of aromatic nitrogens is 2. The first-order valence-corrected chi connectivity index (χ1v) is 5.87. The van der Waals surface area contributed by atoms with Gasteiger partial charge in [0.1, 0.15) is 0 Å². The molecule has 0 aromatic carbocycles. The second-order valence-corrected chi connectivity index (χ2v) is 4.40. The third-order valence-corrected chi connectivity index (χ3v) is 2.64. The molecule has 5 heteroatoms. The summed E-state index contributed by atoms with van der Waals surface area (Å²) in [6.07, 6.45) is 1.85. The van der Waals surface area contributed by atoms with Crippen molar-refractivity contribution in [2.75, 3.05) is 20.8 Å². The van der Waals surface area contributed by atoms with Crippen LogP contribution in [0.15, 0.2) is 6.20 Å². The Balaban J connectivity index is 2.51. The maximum Gasteiger partial charge on any atom is 0.169 e. The van der Waals surface area contributed by atoms with E-state index in [1.807, 2.05) is 11.7 Å². The Bertz CT molecular complexity index is 332. The molecule has 0 amide bonds. The zero-order chi connectivity index (χ0) is 12.8. The van der Waals surface area contributed by atoms with Crippen LogP contribution in [-0.2, 0) is 23.1 Å². The van der Waals surface area contributed by atoms with Gasteiger partial charge in [-0.05, 0) is 5.92 Å². The van der Waals surface area contributed by atoms with Crippen molar-refractivity contribution in [3.8, 4) is 0 Å². The molecule has 1 aromatic heterocycles. The van der Waals surface area contributed by atoms with Crippen molar-refractivity contribution in [2.45, 2.75) is 32.6 Å². The van der Waals surface area contributed by atoms with Crippen LogP contribution in [-0.4, -0.2) is 36.8 Å². The lowest BCUT2D eigenvalue weighted by Crippen LogP contribution is -2.29. The summed E-state index contributed by atoms with van der Waals surface area (Å²) in [6, 6.07) is 0. The number of ether oxygens (including phenoxy) is 2. The quantitative estimate of drug-likeness (QED) is 0.730. The molecule has 0 aliphatic heterocycles. The van der Waals surface area contributed by atoms with Gasteiger partial charge in [0.25, 0.3) is 0 Å². The van der Waals surface area contributed by atoms with Crippen LogP contribution >= 0.6 is 0 Å². The molecule has 0 bridgehead atoms. The number of nitrogens with one attached hydrogen (secondary N) is 1. The van der Waals surface area contributed by atoms with Gasteiger partial charge in [-0.15, -0.1) is 0 Å². The average molecular weight is 241 g/mol. The van der Waals surface area contributed by atoms with Crippen molar-refractivity contribution in [2.24, 2.45) is 7.05 Å². The van der Waals surface area contributed by atoms with Gasteiger partial charge in [-0.2, -0.15) is 5.10 Å². The SMILES string of the molecule is COC(CNCc1cn(C)nc1C(C)C)OC. The molecule has 0 saturated heterocycles. The van der Waals surface area contributed by atoms with Gasteiger partial charge in [0, 0.05) is 46.1 Å². The van der Waals surface area contributed by atoms with Gasteiger partial charge in [-0.1, -0.05) is 13.8 Å². The van der Waals surface area contributed by atoms with E-state index in [2.05, 4.69) is 30.5 Å². The summed E-state index contributed by atoms with van der Waals surface area (Å²) in [5.41, 5.74) is 2.37. The molecule has 5 nitrogen and oxygen atoms in total. The second kappa shape index (κ2) is 6.74. The van der Waals surface area contributed by atoms with Crippen LogP contribution in [0.2, 0.25) is 0 Å². The third kappa shape index (κ3) is 4.11. The molecule has 0 aliphatic carbocycles. The van der Waals surface area contributed by atoms with Crippen molar-refractivity contribution in [3.63, 3.8) is 0 Å². The van der Waals surface area contributed by atoms with Crippen LogP contribution < -0.4 is 5.32 Å². The Morgan fingerprint density at radius 3 is 2.53 bits per heavy atom. The zero-order valence-electron chi connectivity index (χ0n) is 11.4. The molecule has 0 aliphatic rings. The lowest BCUT2D eigenvalue weighted by atomic mass is 10.1. The molecule has 0 atom stereocenters. The average Bonchev–Trinajstić information content (AvgIpc) is 2.66. The van der Waals surface area contributed by atoms with Crippen LogP contribution in [0.3, 0.4) is 0 Å². The lowest BCUT2D eigenvalue weighted by Gasteiger charge is -2.14. The Morgan fingerprint density at radius 1 is 1.35 bits per heavy atom. The lowest BCUT2D eigenvalue weighted by molar-refractivity contribution is -0.0989. The fraction of sp³-hybridized carbons (Fsp3) is 0.750. The highest BCUT2D eigenvalue weighted by molar-refractivity contribution is 5.19. The van der Waals surface area contributed by atoms with Crippen LogP contribution in [0, 0.1) is 0 Å². The fourth-order valence-corrected chi connectivity index (χ4v) is 1.76.